The number of ether oxygens (including phenoxy) is 1. The van der Waals surface area contributed by atoms with Crippen LogP contribution in [0, 0.1) is 6.92 Å². The molecule has 1 N–H and O–H groups in total. The minimum atomic E-state index is -3.32. The number of nitrogens with one attached hydrogen (secondary N) is 1. The Balaban J connectivity index is 2.11. The van der Waals surface area contributed by atoms with Gasteiger partial charge < -0.3 is 14.5 Å². The highest BCUT2D eigenvalue weighted by atomic mass is 32.2. The topological polar surface area (TPSA) is 88.9 Å². The van der Waals surface area contributed by atoms with Crippen LogP contribution < -0.4 is 5.32 Å². The maximum atomic E-state index is 12.0. The number of nitrogens with zero attached hydrogens (tertiary/aromatic N) is 1. The third-order valence-electron chi connectivity index (χ3n) is 3.78. The molecule has 1 aromatic heterocycles. The van der Waals surface area contributed by atoms with Crippen LogP contribution in [0.4, 0.5) is 0 Å². The molecule has 1 amide bonds. The maximum absolute atomic E-state index is 12.0. The molecule has 0 spiro atoms. The highest BCUT2D eigenvalue weighted by molar-refractivity contribution is 7.88. The zero-order chi connectivity index (χ0) is 17.2. The van der Waals surface area contributed by atoms with Crippen molar-refractivity contribution >= 4 is 15.9 Å². The van der Waals surface area contributed by atoms with Crippen molar-refractivity contribution in [3.63, 3.8) is 0 Å². The van der Waals surface area contributed by atoms with Crippen molar-refractivity contribution in [2.45, 2.75) is 38.8 Å². The van der Waals surface area contributed by atoms with E-state index in [-0.39, 0.29) is 37.1 Å². The smallest absolute Gasteiger partial charge is 0.246 e. The molecule has 0 unspecified atom stereocenters. The van der Waals surface area contributed by atoms with E-state index in [9.17, 15) is 13.2 Å². The van der Waals surface area contributed by atoms with E-state index in [1.165, 1.54) is 10.6 Å². The zero-order valence-electron chi connectivity index (χ0n) is 13.9. The normalized spacial score (nSPS) is 22.7. The van der Waals surface area contributed by atoms with Crippen molar-refractivity contribution in [2.75, 3.05) is 26.0 Å². The summed E-state index contributed by atoms with van der Waals surface area (Å²) in [6, 6.07) is 3.33. The third-order valence-corrected chi connectivity index (χ3v) is 5.01. The first-order chi connectivity index (χ1) is 10.7. The SMILES string of the molecule is Cc1ccc([C@@H]2CN(S(C)(=O)=O)C[C@H]2NC(=O)COC(C)C)o1. The molecular formula is C15H24N2O5S. The lowest BCUT2D eigenvalue weighted by Crippen LogP contribution is -2.42. The summed E-state index contributed by atoms with van der Waals surface area (Å²) in [5.41, 5.74) is 0. The first-order valence-electron chi connectivity index (χ1n) is 7.59. The van der Waals surface area contributed by atoms with Gasteiger partial charge in [-0.3, -0.25) is 4.79 Å². The molecule has 1 saturated heterocycles. The Kier molecular flexibility index (Phi) is 5.49. The molecule has 2 atom stereocenters. The molecule has 8 heteroatoms. The molecule has 0 bridgehead atoms. The number of rotatable bonds is 6. The summed E-state index contributed by atoms with van der Waals surface area (Å²) in [6.07, 6.45) is 1.13. The van der Waals surface area contributed by atoms with Crippen LogP contribution in [0.25, 0.3) is 0 Å². The molecule has 1 aliphatic rings. The molecule has 1 aliphatic heterocycles. The summed E-state index contributed by atoms with van der Waals surface area (Å²) < 4.78 is 35.9. The van der Waals surface area contributed by atoms with Crippen LogP contribution in [0.3, 0.4) is 0 Å². The number of sulfonamides is 1. The Hall–Kier alpha value is -1.38. The molecule has 0 saturated carbocycles. The van der Waals surface area contributed by atoms with E-state index < -0.39 is 10.0 Å². The Morgan fingerprint density at radius 1 is 1.43 bits per heavy atom. The monoisotopic (exact) mass is 344 g/mol. The first kappa shape index (κ1) is 18.0. The summed E-state index contributed by atoms with van der Waals surface area (Å²) in [4.78, 5) is 12.0. The van der Waals surface area contributed by atoms with Gasteiger partial charge in [-0.15, -0.1) is 0 Å². The molecule has 1 fully saturated rings. The largest absolute Gasteiger partial charge is 0.466 e. The van der Waals surface area contributed by atoms with Gasteiger partial charge in [0.15, 0.2) is 0 Å². The number of amides is 1. The fourth-order valence-corrected chi connectivity index (χ4v) is 3.48. The van der Waals surface area contributed by atoms with Gasteiger partial charge >= 0.3 is 0 Å². The van der Waals surface area contributed by atoms with Gasteiger partial charge in [-0.05, 0) is 32.9 Å². The second kappa shape index (κ2) is 7.02. The quantitative estimate of drug-likeness (QED) is 0.827. The molecular weight excluding hydrogens is 320 g/mol. The number of hydrogen-bond donors (Lipinski definition) is 1. The minimum absolute atomic E-state index is 0.0413. The number of furan rings is 1. The lowest BCUT2D eigenvalue weighted by Gasteiger charge is -2.18. The number of carbonyl (C=O) groups excluding carboxylic acids is 1. The summed E-state index contributed by atoms with van der Waals surface area (Å²) >= 11 is 0. The van der Waals surface area contributed by atoms with Crippen LogP contribution in [-0.2, 0) is 19.6 Å². The molecule has 7 nitrogen and oxygen atoms in total. The van der Waals surface area contributed by atoms with Crippen molar-refractivity contribution in [2.24, 2.45) is 0 Å². The summed E-state index contributed by atoms with van der Waals surface area (Å²) in [7, 11) is -3.32. The van der Waals surface area contributed by atoms with E-state index in [1.807, 2.05) is 32.9 Å². The van der Waals surface area contributed by atoms with Crippen molar-refractivity contribution in [3.05, 3.63) is 23.7 Å². The third kappa shape index (κ3) is 4.79. The fourth-order valence-electron chi connectivity index (χ4n) is 2.62. The minimum Gasteiger partial charge on any atom is -0.466 e. The van der Waals surface area contributed by atoms with E-state index in [1.54, 1.807) is 0 Å². The van der Waals surface area contributed by atoms with Gasteiger partial charge in [0, 0.05) is 13.1 Å². The Labute approximate surface area is 137 Å². The average Bonchev–Trinajstić information content (AvgIpc) is 3.02. The number of hydrogen-bond acceptors (Lipinski definition) is 5. The predicted octanol–water partition coefficient (Wildman–Crippen LogP) is 0.857. The molecule has 130 valence electrons. The van der Waals surface area contributed by atoms with E-state index in [0.29, 0.717) is 12.3 Å². The predicted molar refractivity (Wildman–Crippen MR) is 85.6 cm³/mol. The standard InChI is InChI=1S/C15H24N2O5S/c1-10(2)21-9-15(18)16-13-8-17(23(4,19)20)7-12(13)14-6-5-11(3)22-14/h5-6,10,12-13H,7-9H2,1-4H3,(H,16,18)/t12-,13-/m1/s1. The van der Waals surface area contributed by atoms with E-state index in [2.05, 4.69) is 5.32 Å². The van der Waals surface area contributed by atoms with Gasteiger partial charge in [0.2, 0.25) is 15.9 Å². The summed E-state index contributed by atoms with van der Waals surface area (Å²) in [5, 5.41) is 2.86. The lowest BCUT2D eigenvalue weighted by atomic mass is 10.0. The molecule has 23 heavy (non-hydrogen) atoms. The van der Waals surface area contributed by atoms with Crippen LogP contribution in [0.5, 0.6) is 0 Å². The second-order valence-electron chi connectivity index (χ2n) is 6.17. The van der Waals surface area contributed by atoms with Crippen LogP contribution >= 0.6 is 0 Å². The maximum Gasteiger partial charge on any atom is 0.246 e. The lowest BCUT2D eigenvalue weighted by molar-refractivity contribution is -0.127. The van der Waals surface area contributed by atoms with Crippen LogP contribution in [0.2, 0.25) is 0 Å². The van der Waals surface area contributed by atoms with Crippen molar-refractivity contribution in [1.82, 2.24) is 9.62 Å². The van der Waals surface area contributed by atoms with Gasteiger partial charge in [0.05, 0.1) is 24.3 Å². The van der Waals surface area contributed by atoms with Gasteiger partial charge in [-0.2, -0.15) is 4.31 Å². The van der Waals surface area contributed by atoms with Crippen molar-refractivity contribution < 1.29 is 22.4 Å². The molecule has 2 rings (SSSR count). The van der Waals surface area contributed by atoms with E-state index >= 15 is 0 Å². The van der Waals surface area contributed by atoms with Crippen molar-refractivity contribution in [1.29, 1.82) is 0 Å². The van der Waals surface area contributed by atoms with Crippen molar-refractivity contribution in [3.8, 4) is 0 Å². The summed E-state index contributed by atoms with van der Waals surface area (Å²) in [5.74, 6) is 0.975. The van der Waals surface area contributed by atoms with Gasteiger partial charge in [-0.1, -0.05) is 0 Å². The molecule has 0 radical (unpaired) electrons. The fraction of sp³-hybridized carbons (Fsp3) is 0.667. The Morgan fingerprint density at radius 2 is 2.13 bits per heavy atom. The number of aryl methyl sites for hydroxylation is 1. The van der Waals surface area contributed by atoms with Crippen LogP contribution in [-0.4, -0.2) is 56.7 Å². The Bertz CT molecular complexity index is 653. The highest BCUT2D eigenvalue weighted by Crippen LogP contribution is 2.30. The van der Waals surface area contributed by atoms with Gasteiger partial charge in [0.25, 0.3) is 0 Å². The van der Waals surface area contributed by atoms with E-state index in [4.69, 9.17) is 9.15 Å². The molecule has 2 heterocycles. The molecule has 0 aromatic carbocycles. The van der Waals surface area contributed by atoms with Gasteiger partial charge in [-0.25, -0.2) is 8.42 Å². The molecule has 1 aromatic rings. The Morgan fingerprint density at radius 3 is 2.65 bits per heavy atom. The first-order valence-corrected chi connectivity index (χ1v) is 9.44. The highest BCUT2D eigenvalue weighted by Gasteiger charge is 2.40. The van der Waals surface area contributed by atoms with E-state index in [0.717, 1.165) is 5.76 Å². The average molecular weight is 344 g/mol. The van der Waals surface area contributed by atoms with Crippen LogP contribution in [0.15, 0.2) is 16.5 Å². The molecule has 0 aliphatic carbocycles. The second-order valence-corrected chi connectivity index (χ2v) is 8.15. The zero-order valence-corrected chi connectivity index (χ0v) is 14.7. The van der Waals surface area contributed by atoms with Crippen LogP contribution in [0.1, 0.15) is 31.3 Å². The van der Waals surface area contributed by atoms with Gasteiger partial charge in [0.1, 0.15) is 18.1 Å². The summed E-state index contributed by atoms with van der Waals surface area (Å²) in [6.45, 7) is 6.01. The number of carbonyl (C=O) groups is 1.